The van der Waals surface area contributed by atoms with Crippen molar-refractivity contribution in [2.75, 3.05) is 57.9 Å². The Hall–Kier alpha value is -2.32. The molecule has 1 aliphatic heterocycles. The lowest BCUT2D eigenvalue weighted by Crippen LogP contribution is -2.53. The fourth-order valence-corrected chi connectivity index (χ4v) is 3.81. The van der Waals surface area contributed by atoms with E-state index < -0.39 is 0 Å². The Labute approximate surface area is 183 Å². The van der Waals surface area contributed by atoms with Crippen LogP contribution in [0.5, 0.6) is 0 Å². The molecule has 0 saturated carbocycles. The molecule has 8 nitrogen and oxygen atoms in total. The number of guanidine groups is 1. The van der Waals surface area contributed by atoms with E-state index in [4.69, 9.17) is 21.3 Å². The zero-order valence-electron chi connectivity index (χ0n) is 17.9. The number of nitrogens with zero attached hydrogens (tertiary/aromatic N) is 6. The minimum atomic E-state index is 0.720. The van der Waals surface area contributed by atoms with Gasteiger partial charge in [-0.15, -0.1) is 10.2 Å². The first kappa shape index (κ1) is 22.4. The van der Waals surface area contributed by atoms with E-state index in [0.29, 0.717) is 0 Å². The Kier molecular flexibility index (Phi) is 8.77. The monoisotopic (exact) mass is 433 g/mol. The van der Waals surface area contributed by atoms with Gasteiger partial charge in [-0.05, 0) is 18.6 Å². The lowest BCUT2D eigenvalue weighted by Gasteiger charge is -2.38. The molecule has 0 radical (unpaired) electrons. The average molecular weight is 434 g/mol. The Morgan fingerprint density at radius 3 is 2.77 bits per heavy atom. The first-order valence-corrected chi connectivity index (χ1v) is 11.0. The molecule has 1 aromatic heterocycles. The van der Waals surface area contributed by atoms with E-state index in [1.807, 2.05) is 18.2 Å². The van der Waals surface area contributed by atoms with Crippen molar-refractivity contribution in [1.29, 1.82) is 0 Å². The van der Waals surface area contributed by atoms with Gasteiger partial charge in [0.15, 0.2) is 5.96 Å². The first-order chi connectivity index (χ1) is 14.7. The summed E-state index contributed by atoms with van der Waals surface area (Å²) in [4.78, 5) is 9.49. The van der Waals surface area contributed by atoms with Crippen molar-refractivity contribution in [2.24, 2.45) is 4.99 Å². The number of halogens is 1. The van der Waals surface area contributed by atoms with Crippen molar-refractivity contribution < 1.29 is 4.74 Å². The number of hydrogen-bond donors (Lipinski definition) is 1. The van der Waals surface area contributed by atoms with Crippen molar-refractivity contribution in [2.45, 2.75) is 26.3 Å². The molecule has 1 N–H and O–H groups in total. The highest BCUT2D eigenvalue weighted by molar-refractivity contribution is 6.33. The zero-order valence-corrected chi connectivity index (χ0v) is 18.7. The van der Waals surface area contributed by atoms with Crippen LogP contribution >= 0.6 is 11.6 Å². The molecule has 1 aliphatic rings. The van der Waals surface area contributed by atoms with Gasteiger partial charge in [0.1, 0.15) is 12.2 Å². The number of rotatable bonds is 9. The van der Waals surface area contributed by atoms with Gasteiger partial charge in [0.25, 0.3) is 0 Å². The standard InChI is InChI=1S/C21H32ClN7O/c1-3-20-26-25-17-29(20)11-10-24-21(23-9-6-16-30-2)28-14-12-27(13-15-28)19-8-5-4-7-18(19)22/h4-5,7-8,17H,3,6,9-16H2,1-2H3,(H,23,24). The molecule has 3 rings (SSSR count). The molecular formula is C21H32ClN7O. The number of aliphatic imine (C=N–C) groups is 1. The third-order valence-corrected chi connectivity index (χ3v) is 5.51. The van der Waals surface area contributed by atoms with Crippen LogP contribution in [0.3, 0.4) is 0 Å². The predicted molar refractivity (Wildman–Crippen MR) is 121 cm³/mol. The second-order valence-electron chi connectivity index (χ2n) is 7.20. The van der Waals surface area contributed by atoms with Crippen LogP contribution in [0.25, 0.3) is 0 Å². The maximum atomic E-state index is 6.38. The van der Waals surface area contributed by atoms with Crippen LogP contribution in [-0.4, -0.2) is 78.6 Å². The van der Waals surface area contributed by atoms with Gasteiger partial charge in [-0.25, -0.2) is 0 Å². The fourth-order valence-electron chi connectivity index (χ4n) is 3.56. The largest absolute Gasteiger partial charge is 0.385 e. The molecule has 0 aliphatic carbocycles. The van der Waals surface area contributed by atoms with Gasteiger partial charge in [-0.2, -0.15) is 0 Å². The predicted octanol–water partition coefficient (Wildman–Crippen LogP) is 2.30. The summed E-state index contributed by atoms with van der Waals surface area (Å²) in [7, 11) is 1.72. The summed E-state index contributed by atoms with van der Waals surface area (Å²) >= 11 is 6.38. The average Bonchev–Trinajstić information content (AvgIpc) is 3.23. The van der Waals surface area contributed by atoms with Gasteiger partial charge in [0.05, 0.1) is 10.7 Å². The second kappa shape index (κ2) is 11.8. The lowest BCUT2D eigenvalue weighted by molar-refractivity contribution is 0.197. The van der Waals surface area contributed by atoms with Crippen LogP contribution in [-0.2, 0) is 17.7 Å². The minimum absolute atomic E-state index is 0.720. The number of benzene rings is 1. The van der Waals surface area contributed by atoms with E-state index in [2.05, 4.69) is 42.9 Å². The van der Waals surface area contributed by atoms with Gasteiger partial charge < -0.3 is 24.4 Å². The molecule has 9 heteroatoms. The second-order valence-corrected chi connectivity index (χ2v) is 7.61. The maximum absolute atomic E-state index is 6.38. The molecule has 30 heavy (non-hydrogen) atoms. The highest BCUT2D eigenvalue weighted by Crippen LogP contribution is 2.26. The molecule has 2 heterocycles. The van der Waals surface area contributed by atoms with Gasteiger partial charge >= 0.3 is 0 Å². The molecule has 0 amide bonds. The Morgan fingerprint density at radius 1 is 1.23 bits per heavy atom. The van der Waals surface area contributed by atoms with Crippen molar-refractivity contribution in [3.05, 3.63) is 41.4 Å². The van der Waals surface area contributed by atoms with Crippen LogP contribution in [0.2, 0.25) is 5.02 Å². The third kappa shape index (κ3) is 6.09. The number of para-hydroxylation sites is 1. The van der Waals surface area contributed by atoms with E-state index in [9.17, 15) is 0 Å². The Balaban J connectivity index is 1.57. The maximum Gasteiger partial charge on any atom is 0.194 e. The molecule has 0 unspecified atom stereocenters. The smallest absolute Gasteiger partial charge is 0.194 e. The van der Waals surface area contributed by atoms with E-state index in [0.717, 1.165) is 87.8 Å². The molecule has 0 atom stereocenters. The Bertz CT molecular complexity index is 802. The summed E-state index contributed by atoms with van der Waals surface area (Å²) in [6.07, 6.45) is 3.58. The highest BCUT2D eigenvalue weighted by atomic mass is 35.5. The molecule has 0 spiro atoms. The third-order valence-electron chi connectivity index (χ3n) is 5.19. The lowest BCUT2D eigenvalue weighted by atomic mass is 10.2. The van der Waals surface area contributed by atoms with Gasteiger partial charge in [0.2, 0.25) is 0 Å². The van der Waals surface area contributed by atoms with Crippen LogP contribution < -0.4 is 10.2 Å². The molecule has 1 fully saturated rings. The van der Waals surface area contributed by atoms with E-state index in [1.54, 1.807) is 13.4 Å². The zero-order chi connectivity index (χ0) is 21.2. The van der Waals surface area contributed by atoms with Crippen molar-refractivity contribution in [3.63, 3.8) is 0 Å². The molecule has 2 aromatic rings. The van der Waals surface area contributed by atoms with Gasteiger partial charge in [-0.3, -0.25) is 4.99 Å². The summed E-state index contributed by atoms with van der Waals surface area (Å²) in [5, 5.41) is 12.5. The summed E-state index contributed by atoms with van der Waals surface area (Å²) < 4.78 is 7.25. The Morgan fingerprint density at radius 2 is 2.03 bits per heavy atom. The van der Waals surface area contributed by atoms with Gasteiger partial charge in [-0.1, -0.05) is 30.7 Å². The van der Waals surface area contributed by atoms with Crippen LogP contribution in [0.1, 0.15) is 19.2 Å². The minimum Gasteiger partial charge on any atom is -0.385 e. The number of methoxy groups -OCH3 is 1. The summed E-state index contributed by atoms with van der Waals surface area (Å²) in [6, 6.07) is 8.04. The van der Waals surface area contributed by atoms with Crippen LogP contribution in [0.15, 0.2) is 35.6 Å². The number of ether oxygens (including phenoxy) is 1. The summed E-state index contributed by atoms with van der Waals surface area (Å²) in [5.74, 6) is 1.96. The van der Waals surface area contributed by atoms with Crippen molar-refractivity contribution in [1.82, 2.24) is 25.0 Å². The first-order valence-electron chi connectivity index (χ1n) is 10.6. The number of hydrogen-bond acceptors (Lipinski definition) is 5. The van der Waals surface area contributed by atoms with Crippen LogP contribution in [0.4, 0.5) is 5.69 Å². The summed E-state index contributed by atoms with van der Waals surface area (Å²) in [5.41, 5.74) is 1.10. The molecular weight excluding hydrogens is 402 g/mol. The highest BCUT2D eigenvalue weighted by Gasteiger charge is 2.21. The normalized spacial score (nSPS) is 15.0. The number of aryl methyl sites for hydroxylation is 1. The number of aromatic nitrogens is 3. The fraction of sp³-hybridized carbons (Fsp3) is 0.571. The topological polar surface area (TPSA) is 70.8 Å². The SMILES string of the molecule is CCc1nncn1CCNC(=NCCCOC)N1CCN(c2ccccc2Cl)CC1. The van der Waals surface area contributed by atoms with E-state index in [-0.39, 0.29) is 0 Å². The summed E-state index contributed by atoms with van der Waals surface area (Å²) in [6.45, 7) is 8.76. The van der Waals surface area contributed by atoms with Crippen LogP contribution in [0, 0.1) is 0 Å². The van der Waals surface area contributed by atoms with E-state index in [1.165, 1.54) is 0 Å². The number of nitrogens with one attached hydrogen (secondary N) is 1. The van der Waals surface area contributed by atoms with Gasteiger partial charge in [0, 0.05) is 66.0 Å². The van der Waals surface area contributed by atoms with Crippen molar-refractivity contribution >= 4 is 23.2 Å². The quantitative estimate of drug-likeness (QED) is 0.371. The number of anilines is 1. The molecule has 1 aromatic carbocycles. The molecule has 1 saturated heterocycles. The number of piperazine rings is 1. The van der Waals surface area contributed by atoms with E-state index >= 15 is 0 Å². The molecule has 164 valence electrons. The molecule has 0 bridgehead atoms. The van der Waals surface area contributed by atoms with Crippen molar-refractivity contribution in [3.8, 4) is 0 Å².